The lowest BCUT2D eigenvalue weighted by Crippen LogP contribution is -2.36. The van der Waals surface area contributed by atoms with Crippen LogP contribution in [0, 0.1) is 5.92 Å². The van der Waals surface area contributed by atoms with E-state index in [-0.39, 0.29) is 0 Å². The highest BCUT2D eigenvalue weighted by Crippen LogP contribution is 2.29. The molecule has 0 aromatic heterocycles. The van der Waals surface area contributed by atoms with Crippen molar-refractivity contribution in [3.8, 4) is 0 Å². The molecule has 1 atom stereocenters. The van der Waals surface area contributed by atoms with Crippen molar-refractivity contribution in [2.24, 2.45) is 5.92 Å². The van der Waals surface area contributed by atoms with Crippen molar-refractivity contribution < 1.29 is 0 Å². The second kappa shape index (κ2) is 10.6. The molecule has 0 amide bonds. The fourth-order valence-corrected chi connectivity index (χ4v) is 3.84. The Morgan fingerprint density at radius 3 is 2.56 bits per heavy atom. The van der Waals surface area contributed by atoms with Crippen molar-refractivity contribution in [2.45, 2.75) is 45.4 Å². The van der Waals surface area contributed by atoms with Gasteiger partial charge in [0.25, 0.3) is 0 Å². The number of allylic oxidation sites excluding steroid dienone is 5. The van der Waals surface area contributed by atoms with Gasteiger partial charge in [0.15, 0.2) is 0 Å². The van der Waals surface area contributed by atoms with E-state index in [9.17, 15) is 0 Å². The van der Waals surface area contributed by atoms with E-state index in [1.807, 2.05) is 18.2 Å². The summed E-state index contributed by atoms with van der Waals surface area (Å²) in [6, 6.07) is 8.43. The fourth-order valence-electron chi connectivity index (χ4n) is 3.72. The highest BCUT2D eigenvalue weighted by atomic mass is 35.5. The predicted molar refractivity (Wildman–Crippen MR) is 111 cm³/mol. The number of nitrogens with zero attached hydrogens (tertiary/aromatic N) is 1. The largest absolute Gasteiger partial charge is 0.303 e. The van der Waals surface area contributed by atoms with E-state index in [1.165, 1.54) is 50.0 Å². The van der Waals surface area contributed by atoms with E-state index in [0.717, 1.165) is 17.4 Å². The molecule has 1 aliphatic rings. The average Bonchev–Trinajstić information content (AvgIpc) is 2.61. The van der Waals surface area contributed by atoms with Gasteiger partial charge in [0.05, 0.1) is 0 Å². The van der Waals surface area contributed by atoms with E-state index in [0.29, 0.717) is 5.92 Å². The third kappa shape index (κ3) is 6.84. The summed E-state index contributed by atoms with van der Waals surface area (Å²) in [6.45, 7) is 11.9. The molecular formula is C23H32ClN. The Kier molecular flexibility index (Phi) is 8.51. The fraction of sp³-hybridized carbons (Fsp3) is 0.478. The average molecular weight is 358 g/mol. The van der Waals surface area contributed by atoms with Crippen LogP contribution in [0.5, 0.6) is 0 Å². The summed E-state index contributed by atoms with van der Waals surface area (Å²) >= 11 is 6.00. The second-order valence-electron chi connectivity index (χ2n) is 7.25. The first-order valence-corrected chi connectivity index (χ1v) is 9.92. The van der Waals surface area contributed by atoms with Gasteiger partial charge in [-0.3, -0.25) is 0 Å². The molecule has 1 unspecified atom stereocenters. The topological polar surface area (TPSA) is 3.24 Å². The molecule has 2 heteroatoms. The molecule has 1 aromatic carbocycles. The molecule has 1 saturated heterocycles. The van der Waals surface area contributed by atoms with Crippen LogP contribution in [0.2, 0.25) is 5.02 Å². The van der Waals surface area contributed by atoms with Gasteiger partial charge in [-0.2, -0.15) is 0 Å². The molecule has 1 aliphatic heterocycles. The molecule has 1 aromatic rings. The maximum atomic E-state index is 6.00. The minimum atomic E-state index is 0.695. The maximum absolute atomic E-state index is 6.00. The molecule has 0 radical (unpaired) electrons. The normalized spacial score (nSPS) is 18.6. The number of likely N-dealkylation sites (tertiary alicyclic amines) is 1. The summed E-state index contributed by atoms with van der Waals surface area (Å²) in [5.41, 5.74) is 2.83. The van der Waals surface area contributed by atoms with Crippen LogP contribution < -0.4 is 0 Å². The van der Waals surface area contributed by atoms with Crippen molar-refractivity contribution in [3.05, 3.63) is 71.3 Å². The van der Waals surface area contributed by atoms with Crippen LogP contribution in [0.1, 0.15) is 51.0 Å². The monoisotopic (exact) mass is 357 g/mol. The van der Waals surface area contributed by atoms with E-state index in [1.54, 1.807) is 0 Å². The van der Waals surface area contributed by atoms with Gasteiger partial charge in [-0.15, -0.1) is 0 Å². The Morgan fingerprint density at radius 2 is 1.96 bits per heavy atom. The second-order valence-corrected chi connectivity index (χ2v) is 7.68. The summed E-state index contributed by atoms with van der Waals surface area (Å²) in [7, 11) is 0. The van der Waals surface area contributed by atoms with Crippen LogP contribution in [-0.2, 0) is 0 Å². The molecule has 1 heterocycles. The Balaban J connectivity index is 1.74. The quantitative estimate of drug-likeness (QED) is 0.472. The van der Waals surface area contributed by atoms with Crippen molar-refractivity contribution in [3.63, 3.8) is 0 Å². The van der Waals surface area contributed by atoms with Gasteiger partial charge in [0.1, 0.15) is 0 Å². The van der Waals surface area contributed by atoms with Crippen molar-refractivity contribution >= 4 is 11.6 Å². The minimum absolute atomic E-state index is 0.695. The summed E-state index contributed by atoms with van der Waals surface area (Å²) in [5, 5.41) is 0.831. The molecule has 1 nitrogen and oxygen atoms in total. The zero-order chi connectivity index (χ0) is 18.1. The van der Waals surface area contributed by atoms with Gasteiger partial charge in [-0.1, -0.05) is 61.5 Å². The van der Waals surface area contributed by atoms with Gasteiger partial charge in [-0.05, 0) is 80.8 Å². The standard InChI is InChI=1S/C23H32ClN/c1-4-6-20(7-5-2)9-8-19(3)18-25-16-14-22(15-17-25)21-10-12-23(24)13-11-21/h4-7,10-13,19,22H,1,8-9,14-18H2,2-3H3/b7-5-,20-6+. The first-order chi connectivity index (χ1) is 12.1. The predicted octanol–water partition coefficient (Wildman–Crippen LogP) is 6.62. The van der Waals surface area contributed by atoms with Gasteiger partial charge >= 0.3 is 0 Å². The lowest BCUT2D eigenvalue weighted by molar-refractivity contribution is 0.184. The Bertz CT molecular complexity index is 577. The van der Waals surface area contributed by atoms with Crippen LogP contribution in [0.25, 0.3) is 0 Å². The SMILES string of the molecule is C=C/C=C(\C=C/C)CCC(C)CN1CCC(c2ccc(Cl)cc2)CC1. The third-order valence-corrected chi connectivity index (χ3v) is 5.39. The summed E-state index contributed by atoms with van der Waals surface area (Å²) in [6.07, 6.45) is 13.2. The number of hydrogen-bond acceptors (Lipinski definition) is 1. The summed E-state index contributed by atoms with van der Waals surface area (Å²) in [4.78, 5) is 2.64. The maximum Gasteiger partial charge on any atom is 0.0406 e. The number of benzene rings is 1. The molecule has 136 valence electrons. The van der Waals surface area contributed by atoms with Gasteiger partial charge in [0.2, 0.25) is 0 Å². The molecule has 0 spiro atoms. The summed E-state index contributed by atoms with van der Waals surface area (Å²) in [5.74, 6) is 1.42. The van der Waals surface area contributed by atoms with Gasteiger partial charge in [0, 0.05) is 11.6 Å². The molecule has 25 heavy (non-hydrogen) atoms. The van der Waals surface area contributed by atoms with E-state index in [4.69, 9.17) is 11.6 Å². The number of piperidine rings is 1. The van der Waals surface area contributed by atoms with E-state index >= 15 is 0 Å². The summed E-state index contributed by atoms with van der Waals surface area (Å²) < 4.78 is 0. The molecule has 1 fully saturated rings. The van der Waals surface area contributed by atoms with Crippen LogP contribution in [0.15, 0.2) is 60.7 Å². The number of rotatable bonds is 8. The zero-order valence-electron chi connectivity index (χ0n) is 15.8. The Hall–Kier alpha value is -1.31. The highest BCUT2D eigenvalue weighted by Gasteiger charge is 2.21. The minimum Gasteiger partial charge on any atom is -0.303 e. The van der Waals surface area contributed by atoms with Gasteiger partial charge < -0.3 is 4.90 Å². The van der Waals surface area contributed by atoms with Gasteiger partial charge in [-0.25, -0.2) is 0 Å². The molecule has 0 N–H and O–H groups in total. The van der Waals surface area contributed by atoms with Crippen LogP contribution in [-0.4, -0.2) is 24.5 Å². The molecule has 0 aliphatic carbocycles. The molecule has 0 saturated carbocycles. The number of halogens is 1. The van der Waals surface area contributed by atoms with Crippen LogP contribution in [0.3, 0.4) is 0 Å². The Labute approximate surface area is 159 Å². The molecule has 0 bridgehead atoms. The van der Waals surface area contributed by atoms with Crippen LogP contribution in [0.4, 0.5) is 0 Å². The lowest BCUT2D eigenvalue weighted by Gasteiger charge is -2.34. The first kappa shape index (κ1) is 20.0. The smallest absolute Gasteiger partial charge is 0.0406 e. The van der Waals surface area contributed by atoms with Crippen molar-refractivity contribution in [2.75, 3.05) is 19.6 Å². The third-order valence-electron chi connectivity index (χ3n) is 5.14. The molecule has 2 rings (SSSR count). The highest BCUT2D eigenvalue weighted by molar-refractivity contribution is 6.30. The number of hydrogen-bond donors (Lipinski definition) is 0. The first-order valence-electron chi connectivity index (χ1n) is 9.54. The van der Waals surface area contributed by atoms with E-state index < -0.39 is 0 Å². The van der Waals surface area contributed by atoms with Crippen LogP contribution >= 0.6 is 11.6 Å². The van der Waals surface area contributed by atoms with Crippen molar-refractivity contribution in [1.29, 1.82) is 0 Å². The zero-order valence-corrected chi connectivity index (χ0v) is 16.5. The Morgan fingerprint density at radius 1 is 1.28 bits per heavy atom. The lowest BCUT2D eigenvalue weighted by atomic mass is 9.89. The van der Waals surface area contributed by atoms with Crippen molar-refractivity contribution in [1.82, 2.24) is 4.90 Å². The molecular weight excluding hydrogens is 326 g/mol. The van der Waals surface area contributed by atoms with E-state index in [2.05, 4.69) is 55.7 Å².